The summed E-state index contributed by atoms with van der Waals surface area (Å²) in [5, 5.41) is 2.07. The van der Waals surface area contributed by atoms with E-state index in [1.165, 1.54) is 5.56 Å². The van der Waals surface area contributed by atoms with Crippen LogP contribution in [0.1, 0.15) is 12.6 Å². The Bertz CT molecular complexity index is 1120. The smallest absolute Gasteiger partial charge is 0.220 e. The summed E-state index contributed by atoms with van der Waals surface area (Å²) in [6, 6.07) is 19.4. The first-order valence-electron chi connectivity index (χ1n) is 8.97. The zero-order valence-corrected chi connectivity index (χ0v) is 14.7. The van der Waals surface area contributed by atoms with Crippen LogP contribution in [0.25, 0.3) is 33.2 Å². The van der Waals surface area contributed by atoms with E-state index in [0.717, 1.165) is 38.9 Å². The van der Waals surface area contributed by atoms with Crippen molar-refractivity contribution in [1.82, 2.24) is 4.98 Å². The van der Waals surface area contributed by atoms with Crippen LogP contribution in [0.4, 0.5) is 0 Å². The summed E-state index contributed by atoms with van der Waals surface area (Å²) in [6.45, 7) is 4.09. The lowest BCUT2D eigenvalue weighted by molar-refractivity contribution is -0.665. The fourth-order valence-electron chi connectivity index (χ4n) is 3.36. The van der Waals surface area contributed by atoms with Crippen molar-refractivity contribution in [3.63, 3.8) is 0 Å². The Morgan fingerprint density at radius 3 is 2.52 bits per heavy atom. The Kier molecular flexibility index (Phi) is 3.52. The summed E-state index contributed by atoms with van der Waals surface area (Å²) in [7, 11) is 2.03. The van der Waals surface area contributed by atoms with Crippen LogP contribution in [0.2, 0.25) is 0 Å². The summed E-state index contributed by atoms with van der Waals surface area (Å²) in [6.07, 6.45) is 3.72. The Hall–Kier alpha value is -3.00. The molecule has 2 heterocycles. The molecule has 0 amide bonds. The molecule has 0 bridgehead atoms. The van der Waals surface area contributed by atoms with E-state index in [-0.39, 0.29) is 0 Å². The minimum atomic E-state index is 0.579. The molecule has 2 aromatic heterocycles. The van der Waals surface area contributed by atoms with E-state index in [2.05, 4.69) is 52.9 Å². The van der Waals surface area contributed by atoms with Crippen molar-refractivity contribution in [2.75, 3.05) is 0 Å². The topological polar surface area (TPSA) is 16.8 Å². The van der Waals surface area contributed by atoms with Gasteiger partial charge in [0, 0.05) is 25.4 Å². The van der Waals surface area contributed by atoms with Gasteiger partial charge in [-0.3, -0.25) is 4.98 Å². The molecule has 122 valence electrons. The fraction of sp³-hybridized carbons (Fsp3) is 0.130. The average Bonchev–Trinajstić information content (AvgIpc) is 2.68. The van der Waals surface area contributed by atoms with E-state index in [1.807, 2.05) is 44.6 Å². The van der Waals surface area contributed by atoms with E-state index in [9.17, 15) is 0 Å². The zero-order valence-electron chi connectivity index (χ0n) is 15.7. The maximum Gasteiger partial charge on any atom is 0.220 e. The van der Waals surface area contributed by atoms with Gasteiger partial charge in [0.25, 0.3) is 0 Å². The molecule has 0 spiro atoms. The van der Waals surface area contributed by atoms with Gasteiger partial charge in [0.2, 0.25) is 5.69 Å². The van der Waals surface area contributed by atoms with Gasteiger partial charge < -0.3 is 0 Å². The Morgan fingerprint density at radius 1 is 0.960 bits per heavy atom. The number of rotatable bonds is 2. The molecule has 0 aliphatic carbocycles. The van der Waals surface area contributed by atoms with Crippen LogP contribution in [0, 0.1) is 13.8 Å². The summed E-state index contributed by atoms with van der Waals surface area (Å²) in [5.74, 6) is 0. The number of hydrogen-bond acceptors (Lipinski definition) is 1. The highest BCUT2D eigenvalue weighted by Gasteiger charge is 2.19. The Morgan fingerprint density at radius 2 is 1.76 bits per heavy atom. The highest BCUT2D eigenvalue weighted by Crippen LogP contribution is 2.31. The van der Waals surface area contributed by atoms with Crippen molar-refractivity contribution in [1.29, 1.82) is 0 Å². The molecule has 0 fully saturated rings. The van der Waals surface area contributed by atoms with Crippen molar-refractivity contribution in [3.8, 4) is 22.4 Å². The van der Waals surface area contributed by atoms with Crippen molar-refractivity contribution < 1.29 is 5.94 Å². The molecule has 2 aromatic carbocycles. The second-order valence-electron chi connectivity index (χ2n) is 6.44. The third kappa shape index (κ3) is 2.70. The van der Waals surface area contributed by atoms with Gasteiger partial charge in [-0.05, 0) is 47.2 Å². The van der Waals surface area contributed by atoms with Crippen molar-refractivity contribution in [2.45, 2.75) is 13.8 Å². The molecule has 0 atom stereocenters. The molecule has 0 N–H and O–H groups in total. The molecule has 0 aliphatic heterocycles. The largest absolute Gasteiger partial charge is 0.264 e. The van der Waals surface area contributed by atoms with Gasteiger partial charge in [-0.2, -0.15) is 4.57 Å². The van der Waals surface area contributed by atoms with Crippen LogP contribution in [-0.4, -0.2) is 4.98 Å². The second kappa shape index (κ2) is 6.14. The van der Waals surface area contributed by atoms with E-state index in [1.54, 1.807) is 0 Å². The zero-order chi connectivity index (χ0) is 18.3. The molecule has 0 saturated carbocycles. The maximum absolute atomic E-state index is 8.67. The molecule has 4 aromatic rings. The molecular weight excluding hydrogens is 304 g/mol. The van der Waals surface area contributed by atoms with Crippen LogP contribution in [0.5, 0.6) is 0 Å². The maximum atomic E-state index is 8.67. The van der Waals surface area contributed by atoms with Crippen LogP contribution in [0.15, 0.2) is 73.0 Å². The third-order valence-corrected chi connectivity index (χ3v) is 4.81. The minimum absolute atomic E-state index is 0.579. The van der Waals surface area contributed by atoms with Crippen LogP contribution >= 0.6 is 0 Å². The summed E-state index contributed by atoms with van der Waals surface area (Å²) in [5.41, 5.74) is 6.68. The van der Waals surface area contributed by atoms with Gasteiger partial charge >= 0.3 is 0 Å². The Balaban J connectivity index is 2.06. The predicted octanol–water partition coefficient (Wildman–Crippen LogP) is 5.01. The second-order valence-corrected chi connectivity index (χ2v) is 6.44. The number of hydrogen-bond donors (Lipinski definition) is 0. The number of pyridine rings is 2. The summed E-state index contributed by atoms with van der Waals surface area (Å²) in [4.78, 5) is 4.23. The van der Waals surface area contributed by atoms with E-state index >= 15 is 0 Å². The molecule has 0 unspecified atom stereocenters. The van der Waals surface area contributed by atoms with Gasteiger partial charge in [-0.25, -0.2) is 0 Å². The van der Waals surface area contributed by atoms with Gasteiger partial charge in [0.1, 0.15) is 7.05 Å². The predicted molar refractivity (Wildman–Crippen MR) is 103 cm³/mol. The van der Waals surface area contributed by atoms with Crippen LogP contribution in [0.3, 0.4) is 0 Å². The number of fused-ring (bicyclic) bond motifs is 1. The standard InChI is InChI=1S/C23H21N2/c1-16-15-24-12-11-21(16)23-22-10-9-19(18-7-5-4-6-8-18)14-20(22)13-17(2)25(23)3/h4-15H,1-3H3/q+1/i13D. The molecule has 0 saturated heterocycles. The van der Waals surface area contributed by atoms with Crippen LogP contribution in [-0.2, 0) is 7.05 Å². The van der Waals surface area contributed by atoms with Gasteiger partial charge in [0.05, 0.1) is 12.3 Å². The monoisotopic (exact) mass is 326 g/mol. The van der Waals surface area contributed by atoms with Gasteiger partial charge in [0.15, 0.2) is 5.69 Å². The van der Waals surface area contributed by atoms with E-state index in [0.29, 0.717) is 6.04 Å². The SMILES string of the molecule is [2H]c1c(C)[n+](C)c(-c2ccncc2C)c2ccc(-c3ccccc3)cc12. The quantitative estimate of drug-likeness (QED) is 0.473. The molecule has 0 aliphatic rings. The average molecular weight is 326 g/mol. The number of benzene rings is 2. The van der Waals surface area contributed by atoms with E-state index in [4.69, 9.17) is 1.37 Å². The fourth-order valence-corrected chi connectivity index (χ4v) is 3.36. The highest BCUT2D eigenvalue weighted by atomic mass is 14.9. The summed E-state index contributed by atoms with van der Waals surface area (Å²) >= 11 is 0. The minimum Gasteiger partial charge on any atom is -0.264 e. The van der Waals surface area contributed by atoms with Crippen LogP contribution < -0.4 is 4.57 Å². The first-order chi connectivity index (χ1) is 12.6. The summed E-state index contributed by atoms with van der Waals surface area (Å²) < 4.78 is 10.8. The van der Waals surface area contributed by atoms with Gasteiger partial charge in [-0.1, -0.05) is 36.4 Å². The lowest BCUT2D eigenvalue weighted by Gasteiger charge is -2.11. The molecule has 25 heavy (non-hydrogen) atoms. The molecule has 4 rings (SSSR count). The Labute approximate surface area is 149 Å². The molecular formula is C23H21N2+. The third-order valence-electron chi connectivity index (χ3n) is 4.81. The first kappa shape index (κ1) is 14.4. The van der Waals surface area contributed by atoms with Crippen molar-refractivity contribution in [3.05, 3.63) is 84.3 Å². The van der Waals surface area contributed by atoms with Gasteiger partial charge in [-0.15, -0.1) is 0 Å². The molecule has 2 heteroatoms. The van der Waals surface area contributed by atoms with E-state index < -0.39 is 0 Å². The number of aryl methyl sites for hydroxylation is 1. The lowest BCUT2D eigenvalue weighted by atomic mass is 9.96. The number of aromatic nitrogens is 2. The number of nitrogens with zero attached hydrogens (tertiary/aromatic N) is 2. The highest BCUT2D eigenvalue weighted by molar-refractivity contribution is 5.96. The lowest BCUT2D eigenvalue weighted by Crippen LogP contribution is -2.35. The first-order valence-corrected chi connectivity index (χ1v) is 8.47. The normalized spacial score (nSPS) is 11.6. The molecule has 0 radical (unpaired) electrons. The van der Waals surface area contributed by atoms with Crippen molar-refractivity contribution in [2.24, 2.45) is 7.05 Å². The van der Waals surface area contributed by atoms with Crippen molar-refractivity contribution >= 4 is 10.8 Å². The molecule has 2 nitrogen and oxygen atoms in total.